The number of hydrogen-bond donors (Lipinski definition) is 2. The normalized spacial score (nSPS) is 12.1. The van der Waals surface area contributed by atoms with E-state index >= 15 is 0 Å². The minimum absolute atomic E-state index is 0.00113. The Morgan fingerprint density at radius 3 is 2.65 bits per heavy atom. The fourth-order valence-electron chi connectivity index (χ4n) is 2.55. The number of likely N-dealkylation sites (N-methyl/N-ethyl adjacent to an activating group) is 1. The number of nitrogens with zero attached hydrogens (tertiary/aromatic N) is 3. The number of nitriles is 1. The van der Waals surface area contributed by atoms with Crippen molar-refractivity contribution in [3.8, 4) is 24.2 Å². The van der Waals surface area contributed by atoms with Gasteiger partial charge in [0.25, 0.3) is 11.5 Å². The lowest BCUT2D eigenvalue weighted by Gasteiger charge is -2.11. The second-order valence-electron chi connectivity index (χ2n) is 6.66. The molecular weight excluding hydrogens is 414 g/mol. The Balaban J connectivity index is 2.29. The number of carbonyl (C=O) groups excluding carboxylic acids is 1. The molecule has 2 aromatic rings. The quantitative estimate of drug-likeness (QED) is 0.540. The molecule has 162 valence electrons. The Hall–Kier alpha value is -3.53. The van der Waals surface area contributed by atoms with Crippen molar-refractivity contribution in [1.82, 2.24) is 14.8 Å². The molecule has 2 N–H and O–H groups in total. The van der Waals surface area contributed by atoms with Crippen molar-refractivity contribution in [2.24, 2.45) is 0 Å². The van der Waals surface area contributed by atoms with Crippen LogP contribution < -0.4 is 30.1 Å². The van der Waals surface area contributed by atoms with Crippen LogP contribution in [0.5, 0.6) is 5.75 Å². The number of benzene rings is 1. The van der Waals surface area contributed by atoms with Crippen molar-refractivity contribution in [1.29, 1.82) is 5.26 Å². The summed E-state index contributed by atoms with van der Waals surface area (Å²) in [4.78, 5) is 27.0. The second-order valence-corrected chi connectivity index (χ2v) is 7.69. The van der Waals surface area contributed by atoms with Crippen LogP contribution in [0.2, 0.25) is 0 Å². The van der Waals surface area contributed by atoms with E-state index in [9.17, 15) is 14.9 Å². The maximum Gasteiger partial charge on any atom is 0.270 e. The predicted octanol–water partition coefficient (Wildman–Crippen LogP) is 0.144. The summed E-state index contributed by atoms with van der Waals surface area (Å²) in [5.74, 6) is 2.44. The first-order chi connectivity index (χ1) is 14.9. The van der Waals surface area contributed by atoms with Gasteiger partial charge in [-0.2, -0.15) is 5.26 Å². The molecule has 0 atom stereocenters. The van der Waals surface area contributed by atoms with E-state index in [2.05, 4.69) is 16.6 Å². The molecule has 0 unspecified atom stereocenters. The topological polar surface area (TPSA) is 99.4 Å². The van der Waals surface area contributed by atoms with Gasteiger partial charge < -0.3 is 20.3 Å². The maximum atomic E-state index is 12.7. The van der Waals surface area contributed by atoms with E-state index in [1.807, 2.05) is 49.3 Å². The number of aromatic nitrogens is 1. The van der Waals surface area contributed by atoms with Crippen LogP contribution in [0.3, 0.4) is 0 Å². The minimum Gasteiger partial charge on any atom is -0.492 e. The number of thiazole rings is 1. The summed E-state index contributed by atoms with van der Waals surface area (Å²) in [6.45, 7) is 3.51. The van der Waals surface area contributed by atoms with Crippen LogP contribution in [0.1, 0.15) is 6.92 Å². The van der Waals surface area contributed by atoms with E-state index in [1.165, 1.54) is 4.57 Å². The number of carbonyl (C=O) groups is 1. The van der Waals surface area contributed by atoms with Gasteiger partial charge in [0, 0.05) is 25.0 Å². The Kier molecular flexibility index (Phi) is 8.89. The molecule has 0 saturated carbocycles. The molecule has 0 aliphatic rings. The van der Waals surface area contributed by atoms with Crippen LogP contribution in [-0.2, 0) is 11.3 Å². The van der Waals surface area contributed by atoms with Crippen LogP contribution in [0.25, 0.3) is 11.8 Å². The zero-order valence-corrected chi connectivity index (χ0v) is 18.6. The molecule has 9 heteroatoms. The molecule has 0 aliphatic carbocycles. The maximum absolute atomic E-state index is 12.7. The fraction of sp³-hybridized carbons (Fsp3) is 0.318. The first kappa shape index (κ1) is 23.7. The SMILES string of the molecule is C#CCNC(=O)C(C#N)=c1sc(=CNc2ccc(OCCN(C)C)cc2)c(=O)n1CC. The highest BCUT2D eigenvalue weighted by Crippen LogP contribution is 2.15. The number of terminal acetylenes is 1. The van der Waals surface area contributed by atoms with Gasteiger partial charge in [0.15, 0.2) is 5.57 Å². The molecule has 0 saturated heterocycles. The van der Waals surface area contributed by atoms with Gasteiger partial charge >= 0.3 is 0 Å². The van der Waals surface area contributed by atoms with Crippen LogP contribution >= 0.6 is 11.3 Å². The van der Waals surface area contributed by atoms with Gasteiger partial charge in [-0.25, -0.2) is 0 Å². The van der Waals surface area contributed by atoms with E-state index in [1.54, 1.807) is 13.1 Å². The number of amides is 1. The standard InChI is InChI=1S/C22H25N5O3S/c1-5-11-24-20(28)18(14-23)22-27(6-2)21(29)19(31-22)15-25-16-7-9-17(10-8-16)30-13-12-26(3)4/h1,7-10,15,25H,6,11-13H2,2-4H3,(H,24,28). The molecule has 1 aromatic carbocycles. The fourth-order valence-corrected chi connectivity index (χ4v) is 3.64. The van der Waals surface area contributed by atoms with Gasteiger partial charge in [-0.05, 0) is 45.3 Å². The molecule has 1 amide bonds. The van der Waals surface area contributed by atoms with Gasteiger partial charge in [-0.3, -0.25) is 14.2 Å². The number of rotatable bonds is 9. The molecule has 2 rings (SSSR count). The van der Waals surface area contributed by atoms with Gasteiger partial charge in [-0.15, -0.1) is 17.8 Å². The summed E-state index contributed by atoms with van der Waals surface area (Å²) in [6, 6.07) is 9.25. The zero-order valence-electron chi connectivity index (χ0n) is 17.8. The van der Waals surface area contributed by atoms with Gasteiger partial charge in [0.05, 0.1) is 6.54 Å². The average molecular weight is 440 g/mol. The number of hydrogen-bond acceptors (Lipinski definition) is 7. The van der Waals surface area contributed by atoms with Crippen LogP contribution in [0.4, 0.5) is 5.69 Å². The van der Waals surface area contributed by atoms with Crippen LogP contribution in [0, 0.1) is 23.7 Å². The minimum atomic E-state index is -0.603. The van der Waals surface area contributed by atoms with Crippen molar-refractivity contribution in [3.05, 3.63) is 43.8 Å². The number of anilines is 1. The zero-order chi connectivity index (χ0) is 22.8. The van der Waals surface area contributed by atoms with Crippen LogP contribution in [-0.4, -0.2) is 49.2 Å². The van der Waals surface area contributed by atoms with Crippen molar-refractivity contribution in [2.75, 3.05) is 39.1 Å². The monoisotopic (exact) mass is 439 g/mol. The highest BCUT2D eigenvalue weighted by Gasteiger charge is 2.14. The summed E-state index contributed by atoms with van der Waals surface area (Å²) >= 11 is 1.07. The average Bonchev–Trinajstić information content (AvgIpc) is 3.07. The third-order valence-electron chi connectivity index (χ3n) is 4.16. The lowest BCUT2D eigenvalue weighted by Crippen LogP contribution is -2.34. The highest BCUT2D eigenvalue weighted by molar-refractivity contribution is 7.07. The Morgan fingerprint density at radius 1 is 1.35 bits per heavy atom. The largest absolute Gasteiger partial charge is 0.492 e. The van der Waals surface area contributed by atoms with Gasteiger partial charge in [-0.1, -0.05) is 5.92 Å². The van der Waals surface area contributed by atoms with E-state index in [0.717, 1.165) is 29.3 Å². The molecule has 0 bridgehead atoms. The summed E-state index contributed by atoms with van der Waals surface area (Å²) in [7, 11) is 3.96. The van der Waals surface area contributed by atoms with Crippen molar-refractivity contribution in [3.63, 3.8) is 0 Å². The molecule has 8 nitrogen and oxygen atoms in total. The predicted molar refractivity (Wildman–Crippen MR) is 123 cm³/mol. The van der Waals surface area contributed by atoms with Crippen molar-refractivity contribution >= 4 is 34.7 Å². The van der Waals surface area contributed by atoms with E-state index in [-0.39, 0.29) is 17.7 Å². The molecule has 0 spiro atoms. The van der Waals surface area contributed by atoms with Crippen LogP contribution in [0.15, 0.2) is 29.1 Å². The molecule has 0 aliphatic heterocycles. The Morgan fingerprint density at radius 2 is 2.06 bits per heavy atom. The smallest absolute Gasteiger partial charge is 0.270 e. The van der Waals surface area contributed by atoms with Gasteiger partial charge in [0.2, 0.25) is 0 Å². The van der Waals surface area contributed by atoms with Gasteiger partial charge in [0.1, 0.15) is 27.6 Å². The Bertz CT molecular complexity index is 1160. The molecule has 1 aromatic heterocycles. The number of nitrogens with one attached hydrogen (secondary N) is 2. The molecular formula is C22H25N5O3S. The highest BCUT2D eigenvalue weighted by atomic mass is 32.1. The molecule has 0 radical (unpaired) electrons. The van der Waals surface area contributed by atoms with E-state index < -0.39 is 5.91 Å². The lowest BCUT2D eigenvalue weighted by atomic mass is 10.3. The second kappa shape index (κ2) is 11.6. The van der Waals surface area contributed by atoms with Crippen molar-refractivity contribution in [2.45, 2.75) is 13.5 Å². The Labute approximate surface area is 185 Å². The molecule has 0 fully saturated rings. The summed E-state index contributed by atoms with van der Waals surface area (Å²) < 4.78 is 7.73. The summed E-state index contributed by atoms with van der Waals surface area (Å²) in [6.07, 6.45) is 6.72. The lowest BCUT2D eigenvalue weighted by molar-refractivity contribution is -0.115. The first-order valence-corrected chi connectivity index (χ1v) is 10.4. The van der Waals surface area contributed by atoms with E-state index in [4.69, 9.17) is 11.2 Å². The van der Waals surface area contributed by atoms with E-state index in [0.29, 0.717) is 22.3 Å². The third-order valence-corrected chi connectivity index (χ3v) is 5.29. The molecule has 1 heterocycles. The number of ether oxygens (including phenoxy) is 1. The first-order valence-electron chi connectivity index (χ1n) is 9.61. The summed E-state index contributed by atoms with van der Waals surface area (Å²) in [5.41, 5.74) is 0.350. The molecule has 31 heavy (non-hydrogen) atoms. The summed E-state index contributed by atoms with van der Waals surface area (Å²) in [5, 5.41) is 15.0. The van der Waals surface area contributed by atoms with Crippen molar-refractivity contribution < 1.29 is 9.53 Å². The third kappa shape index (κ3) is 6.48.